The smallest absolute Gasteiger partial charge is 0.0263 e. The molecular formula is C10H21NOS. The van der Waals surface area contributed by atoms with Gasteiger partial charge in [-0.15, -0.1) is 0 Å². The zero-order chi connectivity index (χ0) is 9.52. The van der Waals surface area contributed by atoms with E-state index in [9.17, 15) is 4.21 Å². The van der Waals surface area contributed by atoms with Crippen molar-refractivity contribution in [3.63, 3.8) is 0 Å². The van der Waals surface area contributed by atoms with Crippen LogP contribution in [0, 0.1) is 5.92 Å². The van der Waals surface area contributed by atoms with Crippen LogP contribution in [0.25, 0.3) is 0 Å². The Morgan fingerprint density at radius 2 is 1.92 bits per heavy atom. The van der Waals surface area contributed by atoms with Gasteiger partial charge in [0.25, 0.3) is 0 Å². The average Bonchev–Trinajstić information content (AvgIpc) is 2.57. The van der Waals surface area contributed by atoms with E-state index in [0.717, 1.165) is 36.8 Å². The zero-order valence-corrected chi connectivity index (χ0v) is 9.15. The van der Waals surface area contributed by atoms with Crippen molar-refractivity contribution in [3.8, 4) is 0 Å². The molecule has 3 heteroatoms. The van der Waals surface area contributed by atoms with Gasteiger partial charge in [-0.1, -0.05) is 12.8 Å². The van der Waals surface area contributed by atoms with Gasteiger partial charge >= 0.3 is 0 Å². The monoisotopic (exact) mass is 203 g/mol. The van der Waals surface area contributed by atoms with Crippen LogP contribution in [-0.4, -0.2) is 22.3 Å². The van der Waals surface area contributed by atoms with Crippen LogP contribution in [0.4, 0.5) is 0 Å². The lowest BCUT2D eigenvalue weighted by Gasteiger charge is -2.07. The molecule has 2 N–H and O–H groups in total. The van der Waals surface area contributed by atoms with Gasteiger partial charge in [-0.05, 0) is 38.1 Å². The largest absolute Gasteiger partial charge is 0.330 e. The van der Waals surface area contributed by atoms with Crippen LogP contribution in [0.2, 0.25) is 0 Å². The highest BCUT2D eigenvalue weighted by atomic mass is 32.2. The molecule has 0 saturated heterocycles. The number of hydrogen-bond donors (Lipinski definition) is 1. The highest BCUT2D eigenvalue weighted by Crippen LogP contribution is 2.25. The summed E-state index contributed by atoms with van der Waals surface area (Å²) in [7, 11) is -0.567. The summed E-state index contributed by atoms with van der Waals surface area (Å²) in [5.41, 5.74) is 5.38. The van der Waals surface area contributed by atoms with Gasteiger partial charge in [0.2, 0.25) is 0 Å². The van der Waals surface area contributed by atoms with E-state index in [0.29, 0.717) is 0 Å². The Labute approximate surface area is 83.7 Å². The van der Waals surface area contributed by atoms with E-state index in [4.69, 9.17) is 5.73 Å². The van der Waals surface area contributed by atoms with Gasteiger partial charge in [0.1, 0.15) is 0 Å². The second-order valence-electron chi connectivity index (χ2n) is 3.96. The molecule has 1 aliphatic rings. The first-order chi connectivity index (χ1) is 6.33. The number of unbranched alkanes of at least 4 members (excludes halogenated alkanes) is 1. The standard InChI is InChI=1S/C10H21NOS/c11-7-3-4-8-13(12)9-10-5-1-2-6-10/h10H,1-9,11H2. The molecule has 1 unspecified atom stereocenters. The van der Waals surface area contributed by atoms with Crippen molar-refractivity contribution in [2.24, 2.45) is 11.7 Å². The molecule has 1 fully saturated rings. The molecule has 0 aliphatic heterocycles. The molecule has 0 heterocycles. The Morgan fingerprint density at radius 3 is 2.54 bits per heavy atom. The molecule has 1 saturated carbocycles. The van der Waals surface area contributed by atoms with Gasteiger partial charge in [-0.25, -0.2) is 0 Å². The highest BCUT2D eigenvalue weighted by molar-refractivity contribution is 7.84. The van der Waals surface area contributed by atoms with E-state index >= 15 is 0 Å². The summed E-state index contributed by atoms with van der Waals surface area (Å²) in [6.07, 6.45) is 7.38. The van der Waals surface area contributed by atoms with Crippen molar-refractivity contribution in [2.45, 2.75) is 38.5 Å². The Hall–Kier alpha value is 0.110. The maximum absolute atomic E-state index is 11.5. The van der Waals surface area contributed by atoms with Gasteiger partial charge < -0.3 is 5.73 Å². The summed E-state index contributed by atoms with van der Waals surface area (Å²) in [6.45, 7) is 0.737. The molecule has 2 nitrogen and oxygen atoms in total. The lowest BCUT2D eigenvalue weighted by molar-refractivity contribution is 0.603. The summed E-state index contributed by atoms with van der Waals surface area (Å²) >= 11 is 0. The molecule has 1 atom stereocenters. The molecule has 1 rings (SSSR count). The molecule has 0 bridgehead atoms. The Kier molecular flexibility index (Phi) is 5.63. The Bertz CT molecular complexity index is 155. The molecule has 0 aromatic carbocycles. The van der Waals surface area contributed by atoms with Crippen molar-refractivity contribution in [1.29, 1.82) is 0 Å². The normalized spacial score (nSPS) is 20.7. The van der Waals surface area contributed by atoms with Gasteiger partial charge in [0.15, 0.2) is 0 Å². The van der Waals surface area contributed by atoms with Crippen LogP contribution in [0.5, 0.6) is 0 Å². The number of rotatable bonds is 6. The van der Waals surface area contributed by atoms with E-state index < -0.39 is 10.8 Å². The molecule has 78 valence electrons. The predicted molar refractivity (Wildman–Crippen MR) is 58.1 cm³/mol. The van der Waals surface area contributed by atoms with E-state index in [2.05, 4.69) is 0 Å². The minimum Gasteiger partial charge on any atom is -0.330 e. The molecule has 0 amide bonds. The van der Waals surface area contributed by atoms with Gasteiger partial charge in [0, 0.05) is 22.3 Å². The lowest BCUT2D eigenvalue weighted by Crippen LogP contribution is -2.11. The summed E-state index contributed by atoms with van der Waals surface area (Å²) in [4.78, 5) is 0. The number of nitrogens with two attached hydrogens (primary N) is 1. The van der Waals surface area contributed by atoms with Crippen LogP contribution >= 0.6 is 0 Å². The molecule has 0 spiro atoms. The molecule has 1 aliphatic carbocycles. The van der Waals surface area contributed by atoms with E-state index in [1.165, 1.54) is 25.7 Å². The second-order valence-corrected chi connectivity index (χ2v) is 5.58. The highest BCUT2D eigenvalue weighted by Gasteiger charge is 2.17. The van der Waals surface area contributed by atoms with E-state index in [-0.39, 0.29) is 0 Å². The van der Waals surface area contributed by atoms with Crippen molar-refractivity contribution in [1.82, 2.24) is 0 Å². The van der Waals surface area contributed by atoms with Crippen molar-refractivity contribution >= 4 is 10.8 Å². The summed E-state index contributed by atoms with van der Waals surface area (Å²) in [5, 5.41) is 0. The fourth-order valence-electron chi connectivity index (χ4n) is 1.93. The third kappa shape index (κ3) is 4.77. The summed E-state index contributed by atoms with van der Waals surface area (Å²) in [6, 6.07) is 0. The van der Waals surface area contributed by atoms with Crippen LogP contribution in [0.15, 0.2) is 0 Å². The number of hydrogen-bond acceptors (Lipinski definition) is 2. The van der Waals surface area contributed by atoms with Crippen LogP contribution in [0.3, 0.4) is 0 Å². The molecule has 0 aromatic rings. The maximum Gasteiger partial charge on any atom is 0.0263 e. The first-order valence-electron chi connectivity index (χ1n) is 5.38. The van der Waals surface area contributed by atoms with Crippen molar-refractivity contribution in [2.75, 3.05) is 18.1 Å². The second kappa shape index (κ2) is 6.55. The Morgan fingerprint density at radius 1 is 1.23 bits per heavy atom. The topological polar surface area (TPSA) is 43.1 Å². The van der Waals surface area contributed by atoms with Crippen molar-refractivity contribution < 1.29 is 4.21 Å². The average molecular weight is 203 g/mol. The summed E-state index contributed by atoms with van der Waals surface area (Å²) < 4.78 is 11.5. The first-order valence-corrected chi connectivity index (χ1v) is 6.87. The van der Waals surface area contributed by atoms with E-state index in [1.807, 2.05) is 0 Å². The van der Waals surface area contributed by atoms with Gasteiger partial charge in [-0.2, -0.15) is 0 Å². The van der Waals surface area contributed by atoms with Crippen molar-refractivity contribution in [3.05, 3.63) is 0 Å². The van der Waals surface area contributed by atoms with E-state index in [1.54, 1.807) is 0 Å². The first kappa shape index (κ1) is 11.2. The van der Waals surface area contributed by atoms with Crippen LogP contribution in [-0.2, 0) is 10.8 Å². The molecule has 0 aromatic heterocycles. The third-order valence-corrected chi connectivity index (χ3v) is 4.31. The maximum atomic E-state index is 11.5. The quantitative estimate of drug-likeness (QED) is 0.667. The third-order valence-electron chi connectivity index (χ3n) is 2.72. The van der Waals surface area contributed by atoms with Crippen LogP contribution in [0.1, 0.15) is 38.5 Å². The van der Waals surface area contributed by atoms with Crippen LogP contribution < -0.4 is 5.73 Å². The minimum absolute atomic E-state index is 0.567. The molecule has 13 heavy (non-hydrogen) atoms. The SMILES string of the molecule is NCCCCS(=O)CC1CCCC1. The van der Waals surface area contributed by atoms with Gasteiger partial charge in [0.05, 0.1) is 0 Å². The zero-order valence-electron chi connectivity index (χ0n) is 8.34. The van der Waals surface area contributed by atoms with Gasteiger partial charge in [-0.3, -0.25) is 4.21 Å². The molecular weight excluding hydrogens is 182 g/mol. The lowest BCUT2D eigenvalue weighted by atomic mass is 10.1. The fourth-order valence-corrected chi connectivity index (χ4v) is 3.48. The summed E-state index contributed by atoms with van der Waals surface area (Å²) in [5.74, 6) is 2.58. The molecule has 0 radical (unpaired) electrons. The Balaban J connectivity index is 2.02. The fraction of sp³-hybridized carbons (Fsp3) is 1.00. The minimum atomic E-state index is -0.567. The predicted octanol–water partition coefficient (Wildman–Crippen LogP) is 1.66.